The maximum atomic E-state index is 13.1. The molecule has 5 heteroatoms. The van der Waals surface area contributed by atoms with Crippen LogP contribution in [0.3, 0.4) is 0 Å². The van der Waals surface area contributed by atoms with Gasteiger partial charge in [-0.3, -0.25) is 4.79 Å². The zero-order valence-electron chi connectivity index (χ0n) is 7.42. The van der Waals surface area contributed by atoms with E-state index in [1.807, 2.05) is 0 Å². The number of rotatable bonds is 3. The molecule has 1 atom stereocenters. The summed E-state index contributed by atoms with van der Waals surface area (Å²) in [4.78, 5) is 10.6. The first-order chi connectivity index (χ1) is 6.57. The van der Waals surface area contributed by atoms with E-state index in [0.717, 1.165) is 6.07 Å². The molecular formula is C9H9F2NO2. The Morgan fingerprint density at radius 3 is 2.64 bits per heavy atom. The fourth-order valence-electron chi connectivity index (χ4n) is 1.16. The zero-order chi connectivity index (χ0) is 10.7. The molecule has 0 amide bonds. The minimum Gasteiger partial charge on any atom is -0.480 e. The highest BCUT2D eigenvalue weighted by Gasteiger charge is 2.22. The van der Waals surface area contributed by atoms with Crippen LogP contribution in [0.1, 0.15) is 11.6 Å². The number of likely N-dealkylation sites (N-methyl/N-ethyl adjacent to an activating group) is 1. The number of halogens is 2. The van der Waals surface area contributed by atoms with E-state index in [2.05, 4.69) is 5.32 Å². The second kappa shape index (κ2) is 4.15. The van der Waals surface area contributed by atoms with Crippen molar-refractivity contribution >= 4 is 5.97 Å². The number of carbonyl (C=O) groups is 1. The quantitative estimate of drug-likeness (QED) is 0.775. The van der Waals surface area contributed by atoms with Gasteiger partial charge in [-0.05, 0) is 13.1 Å². The van der Waals surface area contributed by atoms with Gasteiger partial charge in [-0.15, -0.1) is 0 Å². The zero-order valence-corrected chi connectivity index (χ0v) is 7.42. The molecule has 1 unspecified atom stereocenters. The van der Waals surface area contributed by atoms with Gasteiger partial charge < -0.3 is 10.4 Å². The van der Waals surface area contributed by atoms with Gasteiger partial charge in [0, 0.05) is 5.56 Å². The summed E-state index contributed by atoms with van der Waals surface area (Å²) in [5.41, 5.74) is -0.208. The van der Waals surface area contributed by atoms with Crippen molar-refractivity contribution in [2.24, 2.45) is 0 Å². The normalized spacial score (nSPS) is 12.5. The fourth-order valence-corrected chi connectivity index (χ4v) is 1.16. The number of hydrogen-bond acceptors (Lipinski definition) is 2. The Balaban J connectivity index is 3.16. The van der Waals surface area contributed by atoms with Gasteiger partial charge in [0.1, 0.15) is 6.04 Å². The highest BCUT2D eigenvalue weighted by atomic mass is 19.2. The maximum absolute atomic E-state index is 13.1. The van der Waals surface area contributed by atoms with Crippen LogP contribution < -0.4 is 5.32 Å². The summed E-state index contributed by atoms with van der Waals surface area (Å²) in [6, 6.07) is 2.20. The Hall–Kier alpha value is -1.49. The van der Waals surface area contributed by atoms with Crippen LogP contribution >= 0.6 is 0 Å². The molecule has 0 radical (unpaired) electrons. The van der Waals surface area contributed by atoms with E-state index in [1.165, 1.54) is 19.2 Å². The number of nitrogens with one attached hydrogen (secondary N) is 1. The van der Waals surface area contributed by atoms with Crippen molar-refractivity contribution in [2.75, 3.05) is 7.05 Å². The van der Waals surface area contributed by atoms with Gasteiger partial charge in [0.05, 0.1) is 0 Å². The van der Waals surface area contributed by atoms with E-state index in [-0.39, 0.29) is 5.56 Å². The van der Waals surface area contributed by atoms with Crippen molar-refractivity contribution in [3.05, 3.63) is 35.4 Å². The molecule has 1 aromatic rings. The fraction of sp³-hybridized carbons (Fsp3) is 0.222. The van der Waals surface area contributed by atoms with Crippen molar-refractivity contribution in [3.63, 3.8) is 0 Å². The molecule has 14 heavy (non-hydrogen) atoms. The topological polar surface area (TPSA) is 49.3 Å². The molecule has 0 aromatic heterocycles. The van der Waals surface area contributed by atoms with Gasteiger partial charge >= 0.3 is 5.97 Å². The third-order valence-electron chi connectivity index (χ3n) is 1.83. The minimum absolute atomic E-state index is 0.208. The lowest BCUT2D eigenvalue weighted by Gasteiger charge is -2.12. The Morgan fingerprint density at radius 2 is 2.14 bits per heavy atom. The van der Waals surface area contributed by atoms with Crippen LogP contribution in [-0.4, -0.2) is 18.1 Å². The summed E-state index contributed by atoms with van der Waals surface area (Å²) in [5.74, 6) is -3.43. The molecule has 0 spiro atoms. The van der Waals surface area contributed by atoms with Crippen LogP contribution in [0.5, 0.6) is 0 Å². The lowest BCUT2D eigenvalue weighted by molar-refractivity contribution is -0.139. The molecule has 0 bridgehead atoms. The van der Waals surface area contributed by atoms with Crippen LogP contribution in [-0.2, 0) is 4.79 Å². The highest BCUT2D eigenvalue weighted by molar-refractivity contribution is 5.75. The molecule has 0 aliphatic rings. The number of hydrogen-bond donors (Lipinski definition) is 2. The summed E-state index contributed by atoms with van der Waals surface area (Å²) in [6.45, 7) is 0. The van der Waals surface area contributed by atoms with E-state index in [9.17, 15) is 13.6 Å². The highest BCUT2D eigenvalue weighted by Crippen LogP contribution is 2.18. The predicted molar refractivity (Wildman–Crippen MR) is 45.8 cm³/mol. The Labute approximate surface area is 79.4 Å². The molecule has 0 saturated carbocycles. The van der Waals surface area contributed by atoms with Crippen LogP contribution in [0.25, 0.3) is 0 Å². The average Bonchev–Trinajstić information content (AvgIpc) is 2.13. The molecule has 0 aliphatic heterocycles. The Morgan fingerprint density at radius 1 is 1.50 bits per heavy atom. The summed E-state index contributed by atoms with van der Waals surface area (Å²) in [6.07, 6.45) is 0. The maximum Gasteiger partial charge on any atom is 0.325 e. The van der Waals surface area contributed by atoms with Crippen LogP contribution in [0, 0.1) is 11.6 Å². The molecule has 0 aliphatic carbocycles. The van der Waals surface area contributed by atoms with Gasteiger partial charge in [0.25, 0.3) is 0 Å². The smallest absolute Gasteiger partial charge is 0.325 e. The first kappa shape index (κ1) is 10.6. The lowest BCUT2D eigenvalue weighted by atomic mass is 10.1. The van der Waals surface area contributed by atoms with Crippen molar-refractivity contribution in [3.8, 4) is 0 Å². The number of benzene rings is 1. The van der Waals surface area contributed by atoms with Gasteiger partial charge in [-0.2, -0.15) is 0 Å². The summed E-state index contributed by atoms with van der Waals surface area (Å²) >= 11 is 0. The van der Waals surface area contributed by atoms with Gasteiger partial charge in [0.2, 0.25) is 0 Å². The summed E-state index contributed by atoms with van der Waals surface area (Å²) in [7, 11) is 1.36. The second-order valence-corrected chi connectivity index (χ2v) is 2.70. The van der Waals surface area contributed by atoms with Gasteiger partial charge in [-0.1, -0.05) is 12.1 Å². The van der Waals surface area contributed by atoms with Crippen molar-refractivity contribution in [2.45, 2.75) is 6.04 Å². The molecule has 3 nitrogen and oxygen atoms in total. The number of carboxylic acid groups (broad SMARTS) is 1. The average molecular weight is 201 g/mol. The molecule has 76 valence electrons. The van der Waals surface area contributed by atoms with E-state index in [1.54, 1.807) is 0 Å². The minimum atomic E-state index is -1.25. The first-order valence-corrected chi connectivity index (χ1v) is 3.92. The number of carboxylic acids is 1. The van der Waals surface area contributed by atoms with Crippen molar-refractivity contribution in [1.82, 2.24) is 5.32 Å². The monoisotopic (exact) mass is 201 g/mol. The molecule has 1 aromatic carbocycles. The second-order valence-electron chi connectivity index (χ2n) is 2.70. The largest absolute Gasteiger partial charge is 0.480 e. The van der Waals surface area contributed by atoms with E-state index in [4.69, 9.17) is 5.11 Å². The first-order valence-electron chi connectivity index (χ1n) is 3.92. The molecule has 0 saturated heterocycles. The molecule has 1 rings (SSSR count). The number of aliphatic carboxylic acids is 1. The van der Waals surface area contributed by atoms with E-state index < -0.39 is 23.6 Å². The van der Waals surface area contributed by atoms with Crippen molar-refractivity contribution in [1.29, 1.82) is 0 Å². The van der Waals surface area contributed by atoms with Crippen molar-refractivity contribution < 1.29 is 18.7 Å². The summed E-state index contributed by atoms with van der Waals surface area (Å²) < 4.78 is 25.9. The van der Waals surface area contributed by atoms with Gasteiger partial charge in [-0.25, -0.2) is 8.78 Å². The summed E-state index contributed by atoms with van der Waals surface area (Å²) in [5, 5.41) is 11.1. The Kier molecular flexibility index (Phi) is 3.14. The molecule has 2 N–H and O–H groups in total. The lowest BCUT2D eigenvalue weighted by Crippen LogP contribution is -2.26. The molecule has 0 fully saturated rings. The van der Waals surface area contributed by atoms with Crippen LogP contribution in [0.4, 0.5) is 8.78 Å². The molecule has 0 heterocycles. The van der Waals surface area contributed by atoms with E-state index in [0.29, 0.717) is 0 Å². The Bertz CT molecular complexity index is 355. The van der Waals surface area contributed by atoms with Crippen LogP contribution in [0.15, 0.2) is 18.2 Å². The predicted octanol–water partition coefficient (Wildman–Crippen LogP) is 1.31. The standard InChI is InChI=1S/C9H9F2NO2/c1-12-8(9(13)14)5-3-2-4-6(10)7(5)11/h2-4,8,12H,1H3,(H,13,14). The molecular weight excluding hydrogens is 192 g/mol. The van der Waals surface area contributed by atoms with Gasteiger partial charge in [0.15, 0.2) is 11.6 Å². The van der Waals surface area contributed by atoms with Crippen LogP contribution in [0.2, 0.25) is 0 Å². The van der Waals surface area contributed by atoms with E-state index >= 15 is 0 Å². The third-order valence-corrected chi connectivity index (χ3v) is 1.83. The third kappa shape index (κ3) is 1.88. The SMILES string of the molecule is CNC(C(=O)O)c1cccc(F)c1F.